The number of hydrogen-bond acceptors (Lipinski definition) is 3. The molecule has 3 aromatic rings. The van der Waals surface area contributed by atoms with Crippen LogP contribution in [-0.2, 0) is 0 Å². The van der Waals surface area contributed by atoms with Crippen LogP contribution in [0.5, 0.6) is 0 Å². The molecule has 0 bridgehead atoms. The summed E-state index contributed by atoms with van der Waals surface area (Å²) in [7, 11) is 0. The second-order valence-corrected chi connectivity index (χ2v) is 5.93. The summed E-state index contributed by atoms with van der Waals surface area (Å²) >= 11 is -0.236. The molecule has 18 heavy (non-hydrogen) atoms. The Bertz CT molecular complexity index is 774. The van der Waals surface area contributed by atoms with Crippen molar-refractivity contribution in [3.63, 3.8) is 0 Å². The first-order valence-electron chi connectivity index (χ1n) is 5.31. The molecule has 0 unspecified atom stereocenters. The molecular weight excluding hydrogens is 295 g/mol. The number of nitrogens with one attached hydrogen (secondary N) is 1. The first-order chi connectivity index (χ1) is 8.74. The van der Waals surface area contributed by atoms with Crippen LogP contribution in [0, 0.1) is 0 Å². The number of ketones is 1. The van der Waals surface area contributed by atoms with Crippen LogP contribution in [0.3, 0.4) is 0 Å². The molecule has 0 aliphatic heterocycles. The van der Waals surface area contributed by atoms with Crippen LogP contribution in [0.1, 0.15) is 15.9 Å². The predicted molar refractivity (Wildman–Crippen MR) is 69.2 cm³/mol. The van der Waals surface area contributed by atoms with E-state index in [1.807, 2.05) is 0 Å². The Balaban J connectivity index is 2.09. The molecule has 0 aliphatic carbocycles. The number of aromatic nitrogens is 2. The van der Waals surface area contributed by atoms with Gasteiger partial charge in [-0.2, -0.15) is 0 Å². The molecule has 0 aliphatic rings. The Morgan fingerprint density at radius 1 is 1.22 bits per heavy atom. The minimum atomic E-state index is -0.236. The average Bonchev–Trinajstić information content (AvgIpc) is 2.78. The number of fused-ring (bicyclic) bond motifs is 1. The SMILES string of the molecule is O=C(c1cccnc1)c1ccc2[nH]c(=O)[se]c2c1. The van der Waals surface area contributed by atoms with Crippen molar-refractivity contribution in [1.82, 2.24) is 9.97 Å². The molecule has 2 aromatic heterocycles. The summed E-state index contributed by atoms with van der Waals surface area (Å²) in [5.74, 6) is -0.0685. The van der Waals surface area contributed by atoms with E-state index in [9.17, 15) is 9.59 Å². The summed E-state index contributed by atoms with van der Waals surface area (Å²) in [6, 6.07) is 8.77. The third-order valence-corrected chi connectivity index (χ3v) is 4.38. The number of carbonyl (C=O) groups excluding carboxylic acids is 1. The van der Waals surface area contributed by atoms with Crippen molar-refractivity contribution in [3.05, 3.63) is 63.1 Å². The summed E-state index contributed by atoms with van der Waals surface area (Å²) in [5.41, 5.74) is 1.98. The van der Waals surface area contributed by atoms with E-state index < -0.39 is 0 Å². The molecule has 0 spiro atoms. The third kappa shape index (κ3) is 1.94. The fourth-order valence-corrected chi connectivity index (χ4v) is 3.38. The monoisotopic (exact) mass is 304 g/mol. The Hall–Kier alpha value is -1.97. The first-order valence-corrected chi connectivity index (χ1v) is 7.03. The van der Waals surface area contributed by atoms with Gasteiger partial charge in [-0.25, -0.2) is 0 Å². The van der Waals surface area contributed by atoms with Gasteiger partial charge in [0.15, 0.2) is 0 Å². The molecule has 3 rings (SSSR count). The van der Waals surface area contributed by atoms with Crippen molar-refractivity contribution >= 4 is 30.1 Å². The molecule has 1 aromatic carbocycles. The van der Waals surface area contributed by atoms with E-state index in [-0.39, 0.29) is 24.7 Å². The van der Waals surface area contributed by atoms with Crippen molar-refractivity contribution < 1.29 is 4.79 Å². The van der Waals surface area contributed by atoms with Gasteiger partial charge in [0.05, 0.1) is 0 Å². The Morgan fingerprint density at radius 2 is 2.11 bits per heavy atom. The summed E-state index contributed by atoms with van der Waals surface area (Å²) in [6.07, 6.45) is 3.18. The summed E-state index contributed by atoms with van der Waals surface area (Å²) in [6.45, 7) is 0. The topological polar surface area (TPSA) is 62.8 Å². The molecule has 0 saturated heterocycles. The zero-order valence-corrected chi connectivity index (χ0v) is 10.9. The Labute approximate surface area is 108 Å². The number of nitrogens with zero attached hydrogens (tertiary/aromatic N) is 1. The van der Waals surface area contributed by atoms with Crippen molar-refractivity contribution in [3.8, 4) is 0 Å². The van der Waals surface area contributed by atoms with Crippen LogP contribution >= 0.6 is 0 Å². The van der Waals surface area contributed by atoms with Crippen LogP contribution in [0.25, 0.3) is 9.78 Å². The standard InChI is InChI=1S/C13H8N2O2Se/c16-12(9-2-1-5-14-7-9)8-3-4-10-11(6-8)18-13(17)15-10/h1-7H,(H,15,17). The number of H-pyrrole nitrogens is 1. The molecule has 0 saturated carbocycles. The number of benzene rings is 1. The summed E-state index contributed by atoms with van der Waals surface area (Å²) in [5, 5.41) is 0. The zero-order valence-electron chi connectivity index (χ0n) is 9.21. The van der Waals surface area contributed by atoms with Gasteiger partial charge in [-0.15, -0.1) is 0 Å². The van der Waals surface area contributed by atoms with Gasteiger partial charge in [-0.1, -0.05) is 0 Å². The van der Waals surface area contributed by atoms with Gasteiger partial charge in [-0.3, -0.25) is 0 Å². The maximum absolute atomic E-state index is 12.2. The van der Waals surface area contributed by atoms with E-state index >= 15 is 0 Å². The molecule has 88 valence electrons. The van der Waals surface area contributed by atoms with Gasteiger partial charge in [0.25, 0.3) is 0 Å². The molecule has 0 fully saturated rings. The van der Waals surface area contributed by atoms with Crippen molar-refractivity contribution in [2.75, 3.05) is 0 Å². The van der Waals surface area contributed by atoms with Gasteiger partial charge in [0, 0.05) is 0 Å². The predicted octanol–water partition coefficient (Wildman–Crippen LogP) is 1.21. The van der Waals surface area contributed by atoms with Crippen LogP contribution in [0.2, 0.25) is 0 Å². The molecule has 0 atom stereocenters. The average molecular weight is 303 g/mol. The minimum absolute atomic E-state index is 0.0310. The Morgan fingerprint density at radius 3 is 2.89 bits per heavy atom. The first kappa shape index (κ1) is 11.1. The fraction of sp³-hybridized carbons (Fsp3) is 0. The molecule has 5 heteroatoms. The van der Waals surface area contributed by atoms with E-state index in [2.05, 4.69) is 9.97 Å². The van der Waals surface area contributed by atoms with Gasteiger partial charge in [-0.05, 0) is 0 Å². The normalized spacial score (nSPS) is 10.7. The number of rotatable bonds is 2. The van der Waals surface area contributed by atoms with Crippen LogP contribution < -0.4 is 4.43 Å². The summed E-state index contributed by atoms with van der Waals surface area (Å²) in [4.78, 5) is 30.2. The van der Waals surface area contributed by atoms with E-state index in [4.69, 9.17) is 0 Å². The molecule has 0 radical (unpaired) electrons. The van der Waals surface area contributed by atoms with Crippen molar-refractivity contribution in [2.45, 2.75) is 0 Å². The van der Waals surface area contributed by atoms with E-state index in [0.29, 0.717) is 11.1 Å². The molecular formula is C13H8N2O2Se. The van der Waals surface area contributed by atoms with Crippen LogP contribution in [0.4, 0.5) is 0 Å². The van der Waals surface area contributed by atoms with Crippen molar-refractivity contribution in [1.29, 1.82) is 0 Å². The van der Waals surface area contributed by atoms with Gasteiger partial charge < -0.3 is 0 Å². The summed E-state index contributed by atoms with van der Waals surface area (Å²) < 4.78 is 0.964. The number of pyridine rings is 1. The fourth-order valence-electron chi connectivity index (χ4n) is 1.75. The van der Waals surface area contributed by atoms with Gasteiger partial charge in [0.2, 0.25) is 0 Å². The Kier molecular flexibility index (Phi) is 2.70. The van der Waals surface area contributed by atoms with Crippen molar-refractivity contribution in [2.24, 2.45) is 0 Å². The maximum atomic E-state index is 12.2. The van der Waals surface area contributed by atoms with E-state index in [0.717, 1.165) is 9.78 Å². The number of aromatic amines is 1. The van der Waals surface area contributed by atoms with Crippen LogP contribution in [-0.4, -0.2) is 30.3 Å². The second-order valence-electron chi connectivity index (χ2n) is 3.80. The zero-order chi connectivity index (χ0) is 12.5. The van der Waals surface area contributed by atoms with E-state index in [1.54, 1.807) is 42.7 Å². The molecule has 1 N–H and O–H groups in total. The number of hydrogen-bond donors (Lipinski definition) is 1. The van der Waals surface area contributed by atoms with Gasteiger partial charge in [0.1, 0.15) is 0 Å². The molecule has 2 heterocycles. The quantitative estimate of drug-likeness (QED) is 0.572. The third-order valence-electron chi connectivity index (χ3n) is 2.61. The van der Waals surface area contributed by atoms with Gasteiger partial charge >= 0.3 is 108 Å². The van der Waals surface area contributed by atoms with Crippen LogP contribution in [0.15, 0.2) is 47.5 Å². The second kappa shape index (κ2) is 4.37. The number of carbonyl (C=O) groups is 1. The molecule has 0 amide bonds. The molecule has 4 nitrogen and oxygen atoms in total. The van der Waals surface area contributed by atoms with E-state index in [1.165, 1.54) is 0 Å².